The summed E-state index contributed by atoms with van der Waals surface area (Å²) in [6.45, 7) is 5.99. The maximum Gasteiger partial charge on any atom is 0.251 e. The van der Waals surface area contributed by atoms with Crippen LogP contribution in [-0.2, 0) is 19.4 Å². The second kappa shape index (κ2) is 12.1. The average molecular weight is 431 g/mol. The fourth-order valence-corrected chi connectivity index (χ4v) is 3.94. The highest BCUT2D eigenvalue weighted by molar-refractivity contribution is 5.95. The number of nitrogens with one attached hydrogen (secondary N) is 2. The number of carbonyl (C=O) groups is 1. The second-order valence-electron chi connectivity index (χ2n) is 8.36. The number of hydrogen-bond acceptors (Lipinski definition) is 3. The van der Waals surface area contributed by atoms with Crippen LogP contribution in [-0.4, -0.2) is 24.1 Å². The Hall–Kier alpha value is -3.11. The van der Waals surface area contributed by atoms with Gasteiger partial charge in [-0.1, -0.05) is 60.7 Å². The summed E-state index contributed by atoms with van der Waals surface area (Å²) in [7, 11) is 0. The molecule has 168 valence electrons. The third-order valence-electron chi connectivity index (χ3n) is 5.74. The molecule has 3 rings (SSSR count). The Morgan fingerprint density at radius 2 is 1.50 bits per heavy atom. The van der Waals surface area contributed by atoms with Crippen LogP contribution in [0.4, 0.5) is 0 Å². The van der Waals surface area contributed by atoms with Gasteiger partial charge in [-0.25, -0.2) is 0 Å². The molecule has 3 N–H and O–H groups in total. The summed E-state index contributed by atoms with van der Waals surface area (Å²) in [6, 6.07) is 22.3. The van der Waals surface area contributed by atoms with Crippen LogP contribution in [0.25, 0.3) is 0 Å². The van der Waals surface area contributed by atoms with E-state index in [0.29, 0.717) is 18.8 Å². The van der Waals surface area contributed by atoms with Crippen LogP contribution < -0.4 is 10.6 Å². The number of aromatic hydroxyl groups is 1. The Labute approximate surface area is 191 Å². The van der Waals surface area contributed by atoms with Crippen LogP contribution in [0, 0.1) is 13.8 Å². The van der Waals surface area contributed by atoms with Gasteiger partial charge in [0.25, 0.3) is 5.91 Å². The molecule has 4 heteroatoms. The summed E-state index contributed by atoms with van der Waals surface area (Å²) < 4.78 is 0. The molecule has 0 fully saturated rings. The number of amides is 1. The first-order valence-corrected chi connectivity index (χ1v) is 11.4. The van der Waals surface area contributed by atoms with E-state index in [2.05, 4.69) is 34.9 Å². The number of unbranched alkanes of at least 4 members (excludes halogenated alkanes) is 1. The summed E-state index contributed by atoms with van der Waals surface area (Å²) >= 11 is 0. The molecule has 0 aliphatic rings. The van der Waals surface area contributed by atoms with Gasteiger partial charge in [-0.2, -0.15) is 0 Å². The van der Waals surface area contributed by atoms with Gasteiger partial charge in [-0.3, -0.25) is 4.79 Å². The molecule has 3 aromatic rings. The molecule has 3 aromatic carbocycles. The lowest BCUT2D eigenvalue weighted by molar-refractivity contribution is 0.0952. The minimum Gasteiger partial charge on any atom is -0.507 e. The van der Waals surface area contributed by atoms with Crippen molar-refractivity contribution in [2.75, 3.05) is 13.1 Å². The van der Waals surface area contributed by atoms with Crippen molar-refractivity contribution in [1.29, 1.82) is 0 Å². The molecular weight excluding hydrogens is 396 g/mol. The minimum atomic E-state index is -0.00750. The fraction of sp³-hybridized carbons (Fsp3) is 0.321. The molecule has 0 radical (unpaired) electrons. The van der Waals surface area contributed by atoms with Crippen molar-refractivity contribution in [3.05, 3.63) is 100 Å². The smallest absolute Gasteiger partial charge is 0.251 e. The first-order chi connectivity index (χ1) is 15.5. The van der Waals surface area contributed by atoms with Crippen molar-refractivity contribution in [1.82, 2.24) is 10.6 Å². The van der Waals surface area contributed by atoms with Gasteiger partial charge in [0, 0.05) is 18.7 Å². The number of phenols is 1. The highest BCUT2D eigenvalue weighted by atomic mass is 16.3. The number of benzene rings is 3. The molecule has 0 atom stereocenters. The Morgan fingerprint density at radius 1 is 0.812 bits per heavy atom. The Kier molecular flexibility index (Phi) is 8.88. The Balaban J connectivity index is 1.42. The van der Waals surface area contributed by atoms with Crippen molar-refractivity contribution in [3.63, 3.8) is 0 Å². The quantitative estimate of drug-likeness (QED) is 0.371. The van der Waals surface area contributed by atoms with E-state index in [4.69, 9.17) is 0 Å². The van der Waals surface area contributed by atoms with Crippen molar-refractivity contribution in [2.45, 2.75) is 46.1 Å². The summed E-state index contributed by atoms with van der Waals surface area (Å²) in [6.07, 6.45) is 3.94. The number of carbonyl (C=O) groups excluding carboxylic acids is 1. The zero-order chi connectivity index (χ0) is 22.8. The molecule has 0 saturated carbocycles. The predicted molar refractivity (Wildman–Crippen MR) is 131 cm³/mol. The summed E-state index contributed by atoms with van der Waals surface area (Å²) in [5.41, 5.74) is 6.10. The fourth-order valence-electron chi connectivity index (χ4n) is 3.94. The first-order valence-electron chi connectivity index (χ1n) is 11.4. The van der Waals surface area contributed by atoms with E-state index in [9.17, 15) is 9.90 Å². The minimum absolute atomic E-state index is 0.00750. The summed E-state index contributed by atoms with van der Waals surface area (Å²) in [5.74, 6) is 0.369. The van der Waals surface area contributed by atoms with Crippen LogP contribution in [0.15, 0.2) is 66.7 Å². The van der Waals surface area contributed by atoms with E-state index in [1.165, 1.54) is 11.1 Å². The van der Waals surface area contributed by atoms with Crippen LogP contribution >= 0.6 is 0 Å². The van der Waals surface area contributed by atoms with Crippen LogP contribution in [0.2, 0.25) is 0 Å². The summed E-state index contributed by atoms with van der Waals surface area (Å²) in [4.78, 5) is 12.7. The van der Waals surface area contributed by atoms with Crippen molar-refractivity contribution in [3.8, 4) is 5.75 Å². The van der Waals surface area contributed by atoms with Crippen LogP contribution in [0.3, 0.4) is 0 Å². The van der Waals surface area contributed by atoms with Gasteiger partial charge in [0.05, 0.1) is 0 Å². The maximum atomic E-state index is 12.7. The molecule has 0 spiro atoms. The average Bonchev–Trinajstić information content (AvgIpc) is 2.81. The molecular formula is C28H34N2O2. The van der Waals surface area contributed by atoms with Crippen LogP contribution in [0.5, 0.6) is 5.75 Å². The molecule has 0 aromatic heterocycles. The highest BCUT2D eigenvalue weighted by Gasteiger charge is 2.10. The van der Waals surface area contributed by atoms with E-state index in [-0.39, 0.29) is 5.91 Å². The van der Waals surface area contributed by atoms with Gasteiger partial charge in [-0.15, -0.1) is 0 Å². The lowest BCUT2D eigenvalue weighted by atomic mass is 10.0. The molecule has 0 saturated heterocycles. The van der Waals surface area contributed by atoms with Gasteiger partial charge >= 0.3 is 0 Å². The zero-order valence-electron chi connectivity index (χ0n) is 19.2. The molecule has 0 heterocycles. The normalized spacial score (nSPS) is 10.8. The highest BCUT2D eigenvalue weighted by Crippen LogP contribution is 2.23. The van der Waals surface area contributed by atoms with E-state index >= 15 is 0 Å². The molecule has 4 nitrogen and oxygen atoms in total. The Morgan fingerprint density at radius 3 is 2.25 bits per heavy atom. The van der Waals surface area contributed by atoms with E-state index in [1.807, 2.05) is 56.3 Å². The Bertz CT molecular complexity index is 992. The van der Waals surface area contributed by atoms with E-state index in [0.717, 1.165) is 54.5 Å². The van der Waals surface area contributed by atoms with Crippen molar-refractivity contribution < 1.29 is 9.90 Å². The first kappa shape index (κ1) is 23.6. The lowest BCUT2D eigenvalue weighted by Gasteiger charge is -2.12. The SMILES string of the molecule is Cc1cc(CCNCc2ccccc2C(=O)NCCCCc2ccccc2)cc(C)c1O. The molecule has 0 bridgehead atoms. The van der Waals surface area contributed by atoms with Gasteiger partial charge in [-0.05, 0) is 80.0 Å². The van der Waals surface area contributed by atoms with Crippen LogP contribution in [0.1, 0.15) is 51.0 Å². The van der Waals surface area contributed by atoms with Crippen molar-refractivity contribution in [2.24, 2.45) is 0 Å². The third kappa shape index (κ3) is 6.96. The number of hydrogen-bond donors (Lipinski definition) is 3. The number of rotatable bonds is 11. The van der Waals surface area contributed by atoms with Gasteiger partial charge in [0.2, 0.25) is 0 Å². The largest absolute Gasteiger partial charge is 0.507 e. The third-order valence-corrected chi connectivity index (χ3v) is 5.74. The monoisotopic (exact) mass is 430 g/mol. The topological polar surface area (TPSA) is 61.4 Å². The van der Waals surface area contributed by atoms with Gasteiger partial charge in [0.1, 0.15) is 5.75 Å². The molecule has 0 aliphatic heterocycles. The van der Waals surface area contributed by atoms with E-state index < -0.39 is 0 Å². The number of phenolic OH excluding ortho intramolecular Hbond substituents is 1. The molecule has 0 aliphatic carbocycles. The standard InChI is InChI=1S/C28H34N2O2/c1-21-18-24(19-22(2)27(21)31)15-17-29-20-25-13-6-7-14-26(25)28(32)30-16-9-8-12-23-10-4-3-5-11-23/h3-7,10-11,13-14,18-19,29,31H,8-9,12,15-17,20H2,1-2H3,(H,30,32). The summed E-state index contributed by atoms with van der Waals surface area (Å²) in [5, 5.41) is 16.4. The van der Waals surface area contributed by atoms with Gasteiger partial charge < -0.3 is 15.7 Å². The van der Waals surface area contributed by atoms with Gasteiger partial charge in [0.15, 0.2) is 0 Å². The zero-order valence-corrected chi connectivity index (χ0v) is 19.2. The predicted octanol–water partition coefficient (Wildman–Crippen LogP) is 5.09. The lowest BCUT2D eigenvalue weighted by Crippen LogP contribution is -2.27. The molecule has 32 heavy (non-hydrogen) atoms. The molecule has 1 amide bonds. The second-order valence-corrected chi connectivity index (χ2v) is 8.36. The van der Waals surface area contributed by atoms with Crippen molar-refractivity contribution >= 4 is 5.91 Å². The molecule has 0 unspecified atom stereocenters. The van der Waals surface area contributed by atoms with E-state index in [1.54, 1.807) is 0 Å². The maximum absolute atomic E-state index is 12.7. The number of aryl methyl sites for hydroxylation is 3.